The fourth-order valence-electron chi connectivity index (χ4n) is 2.66. The molecule has 0 bridgehead atoms. The molecule has 1 amide bonds. The van der Waals surface area contributed by atoms with Crippen LogP contribution in [0.5, 0.6) is 0 Å². The van der Waals surface area contributed by atoms with E-state index >= 15 is 0 Å². The van der Waals surface area contributed by atoms with Crippen molar-refractivity contribution >= 4 is 34.0 Å². The van der Waals surface area contributed by atoms with E-state index in [-0.39, 0.29) is 5.91 Å². The number of rotatable bonds is 3. The predicted octanol–water partition coefficient (Wildman–Crippen LogP) is 4.82. The van der Waals surface area contributed by atoms with E-state index in [0.717, 1.165) is 16.1 Å². The van der Waals surface area contributed by atoms with Crippen LogP contribution in [0.3, 0.4) is 0 Å². The highest BCUT2D eigenvalue weighted by Gasteiger charge is 2.19. The van der Waals surface area contributed by atoms with Gasteiger partial charge in [0.05, 0.1) is 27.2 Å². The average Bonchev–Trinajstić information content (AvgIpc) is 3.26. The molecule has 4 aromatic rings. The fraction of sp³-hybridized carbons (Fsp3) is 0.105. The Balaban J connectivity index is 1.80. The third kappa shape index (κ3) is 2.92. The number of amides is 1. The molecule has 0 unspecified atom stereocenters. The third-order valence-electron chi connectivity index (χ3n) is 3.94. The number of pyridine rings is 1. The van der Waals surface area contributed by atoms with Gasteiger partial charge in [-0.3, -0.25) is 4.79 Å². The molecular formula is C19H15N3O2S. The minimum absolute atomic E-state index is 0.208. The van der Waals surface area contributed by atoms with E-state index in [1.54, 1.807) is 24.3 Å². The molecule has 0 saturated heterocycles. The van der Waals surface area contributed by atoms with E-state index in [4.69, 9.17) is 4.52 Å². The van der Waals surface area contributed by atoms with Gasteiger partial charge in [-0.25, -0.2) is 4.98 Å². The van der Waals surface area contributed by atoms with Crippen LogP contribution in [-0.2, 0) is 0 Å². The molecule has 3 aromatic heterocycles. The first-order valence-corrected chi connectivity index (χ1v) is 8.69. The summed E-state index contributed by atoms with van der Waals surface area (Å²) in [6, 6.07) is 13.4. The second kappa shape index (κ2) is 6.14. The number of nitrogens with one attached hydrogen (secondary N) is 1. The van der Waals surface area contributed by atoms with Crippen LogP contribution in [0.25, 0.3) is 21.7 Å². The van der Waals surface area contributed by atoms with Gasteiger partial charge in [0.1, 0.15) is 0 Å². The highest BCUT2D eigenvalue weighted by Crippen LogP contribution is 2.29. The molecule has 0 spiro atoms. The van der Waals surface area contributed by atoms with Gasteiger partial charge in [0, 0.05) is 5.69 Å². The van der Waals surface area contributed by atoms with Crippen molar-refractivity contribution in [2.75, 3.05) is 5.32 Å². The number of hydrogen-bond donors (Lipinski definition) is 1. The molecule has 3 heterocycles. The van der Waals surface area contributed by atoms with E-state index in [2.05, 4.69) is 15.5 Å². The molecule has 124 valence electrons. The standard InChI is InChI=1S/C19H15N3O2S/c1-11-5-7-13(8-6-11)20-18(23)14-10-15(16-4-3-9-25-16)21-19-17(14)12(2)22-24-19/h3-10H,1-2H3,(H,20,23). The summed E-state index contributed by atoms with van der Waals surface area (Å²) in [5.74, 6) is -0.208. The van der Waals surface area contributed by atoms with E-state index in [1.807, 2.05) is 48.7 Å². The molecule has 6 heteroatoms. The SMILES string of the molecule is Cc1ccc(NC(=O)c2cc(-c3cccs3)nc3onc(C)c23)cc1. The third-order valence-corrected chi connectivity index (χ3v) is 4.84. The topological polar surface area (TPSA) is 68.0 Å². The predicted molar refractivity (Wildman–Crippen MR) is 99.0 cm³/mol. The molecule has 0 saturated carbocycles. The average molecular weight is 349 g/mol. The lowest BCUT2D eigenvalue weighted by Gasteiger charge is -2.08. The van der Waals surface area contributed by atoms with Crippen molar-refractivity contribution in [3.05, 3.63) is 64.7 Å². The molecule has 0 aliphatic carbocycles. The molecule has 1 N–H and O–H groups in total. The number of benzene rings is 1. The number of carbonyl (C=O) groups excluding carboxylic acids is 1. The van der Waals surface area contributed by atoms with Gasteiger partial charge in [-0.2, -0.15) is 0 Å². The molecule has 4 rings (SSSR count). The minimum Gasteiger partial charge on any atom is -0.335 e. The Morgan fingerprint density at radius 1 is 1.16 bits per heavy atom. The smallest absolute Gasteiger partial charge is 0.259 e. The second-order valence-corrected chi connectivity index (χ2v) is 6.75. The van der Waals surface area contributed by atoms with Crippen LogP contribution in [0, 0.1) is 13.8 Å². The van der Waals surface area contributed by atoms with Crippen molar-refractivity contribution in [3.63, 3.8) is 0 Å². The molecule has 0 atom stereocenters. The van der Waals surface area contributed by atoms with Crippen molar-refractivity contribution < 1.29 is 9.32 Å². The Labute approximate surface area is 148 Å². The molecule has 0 radical (unpaired) electrons. The summed E-state index contributed by atoms with van der Waals surface area (Å²) in [6.07, 6.45) is 0. The minimum atomic E-state index is -0.208. The maximum absolute atomic E-state index is 12.9. The lowest BCUT2D eigenvalue weighted by molar-refractivity contribution is 0.102. The number of aromatic nitrogens is 2. The van der Waals surface area contributed by atoms with Gasteiger partial charge in [-0.05, 0) is 43.5 Å². The van der Waals surface area contributed by atoms with Crippen LogP contribution >= 0.6 is 11.3 Å². The Bertz CT molecular complexity index is 1050. The zero-order valence-corrected chi connectivity index (χ0v) is 14.6. The highest BCUT2D eigenvalue weighted by atomic mass is 32.1. The van der Waals surface area contributed by atoms with Gasteiger partial charge in [-0.1, -0.05) is 28.9 Å². The van der Waals surface area contributed by atoms with Crippen LogP contribution in [0.2, 0.25) is 0 Å². The van der Waals surface area contributed by atoms with Crippen molar-refractivity contribution in [1.82, 2.24) is 10.1 Å². The van der Waals surface area contributed by atoms with Gasteiger partial charge in [0.2, 0.25) is 0 Å². The Hall–Kier alpha value is -2.99. The number of fused-ring (bicyclic) bond motifs is 1. The molecule has 5 nitrogen and oxygen atoms in total. The van der Waals surface area contributed by atoms with Crippen LogP contribution in [0.4, 0.5) is 5.69 Å². The molecule has 1 aromatic carbocycles. The van der Waals surface area contributed by atoms with Crippen LogP contribution in [0.15, 0.2) is 52.4 Å². The Kier molecular flexibility index (Phi) is 3.82. The Morgan fingerprint density at radius 3 is 2.68 bits per heavy atom. The summed E-state index contributed by atoms with van der Waals surface area (Å²) in [7, 11) is 0. The van der Waals surface area contributed by atoms with Crippen LogP contribution in [0.1, 0.15) is 21.6 Å². The van der Waals surface area contributed by atoms with E-state index < -0.39 is 0 Å². The molecule has 25 heavy (non-hydrogen) atoms. The van der Waals surface area contributed by atoms with E-state index in [9.17, 15) is 4.79 Å². The number of hydrogen-bond acceptors (Lipinski definition) is 5. The maximum atomic E-state index is 12.9. The van der Waals surface area contributed by atoms with Gasteiger partial charge in [-0.15, -0.1) is 11.3 Å². The molecular weight excluding hydrogens is 334 g/mol. The summed E-state index contributed by atoms with van der Waals surface area (Å²) in [5, 5.41) is 9.51. The first kappa shape index (κ1) is 15.5. The number of thiophene rings is 1. The van der Waals surface area contributed by atoms with Crippen molar-refractivity contribution in [2.24, 2.45) is 0 Å². The van der Waals surface area contributed by atoms with Crippen LogP contribution in [-0.4, -0.2) is 16.0 Å². The first-order chi connectivity index (χ1) is 12.1. The summed E-state index contributed by atoms with van der Waals surface area (Å²) in [4.78, 5) is 18.4. The van der Waals surface area contributed by atoms with Gasteiger partial charge >= 0.3 is 0 Å². The second-order valence-electron chi connectivity index (χ2n) is 5.80. The molecule has 0 fully saturated rings. The summed E-state index contributed by atoms with van der Waals surface area (Å²) in [6.45, 7) is 3.81. The number of aryl methyl sites for hydroxylation is 2. The molecule has 0 aliphatic rings. The number of nitrogens with zero attached hydrogens (tertiary/aromatic N) is 2. The first-order valence-electron chi connectivity index (χ1n) is 7.81. The number of carbonyl (C=O) groups is 1. The normalized spacial score (nSPS) is 11.0. The van der Waals surface area contributed by atoms with Gasteiger partial charge in [0.25, 0.3) is 11.6 Å². The zero-order chi connectivity index (χ0) is 17.4. The maximum Gasteiger partial charge on any atom is 0.259 e. The van der Waals surface area contributed by atoms with Crippen molar-refractivity contribution in [2.45, 2.75) is 13.8 Å². The summed E-state index contributed by atoms with van der Waals surface area (Å²) in [5.41, 5.74) is 4.11. The lowest BCUT2D eigenvalue weighted by Crippen LogP contribution is -2.13. The quantitative estimate of drug-likeness (QED) is 0.576. The van der Waals surface area contributed by atoms with Gasteiger partial charge < -0.3 is 9.84 Å². The van der Waals surface area contributed by atoms with E-state index in [0.29, 0.717) is 28.1 Å². The molecule has 0 aliphatic heterocycles. The lowest BCUT2D eigenvalue weighted by atomic mass is 10.1. The Morgan fingerprint density at radius 2 is 1.96 bits per heavy atom. The highest BCUT2D eigenvalue weighted by molar-refractivity contribution is 7.13. The number of anilines is 1. The van der Waals surface area contributed by atoms with E-state index in [1.165, 1.54) is 0 Å². The monoisotopic (exact) mass is 349 g/mol. The fourth-order valence-corrected chi connectivity index (χ4v) is 3.35. The van der Waals surface area contributed by atoms with Crippen LogP contribution < -0.4 is 5.32 Å². The largest absolute Gasteiger partial charge is 0.335 e. The van der Waals surface area contributed by atoms with Crippen molar-refractivity contribution in [3.8, 4) is 10.6 Å². The summed E-state index contributed by atoms with van der Waals surface area (Å²) >= 11 is 1.56. The van der Waals surface area contributed by atoms with Gasteiger partial charge in [0.15, 0.2) is 0 Å². The zero-order valence-electron chi connectivity index (χ0n) is 13.7. The summed E-state index contributed by atoms with van der Waals surface area (Å²) < 4.78 is 5.31. The van der Waals surface area contributed by atoms with Crippen molar-refractivity contribution in [1.29, 1.82) is 0 Å².